The van der Waals surface area contributed by atoms with Gasteiger partial charge in [0, 0.05) is 12.6 Å². The summed E-state index contributed by atoms with van der Waals surface area (Å²) in [7, 11) is 2.78. The van der Waals surface area contributed by atoms with E-state index in [9.17, 15) is 18.0 Å². The molecule has 0 unspecified atom stereocenters. The number of nitrogens with zero attached hydrogens (tertiary/aromatic N) is 1. The Kier molecular flexibility index (Phi) is 4.81. The number of halogens is 3. The third-order valence-corrected chi connectivity index (χ3v) is 5.86. The number of alkyl halides is 3. The number of benzene rings is 2. The zero-order chi connectivity index (χ0) is 22.6. The van der Waals surface area contributed by atoms with E-state index >= 15 is 0 Å². The first-order valence-corrected chi connectivity index (χ1v) is 10.1. The van der Waals surface area contributed by atoms with E-state index in [1.165, 1.54) is 38.5 Å². The zero-order valence-corrected chi connectivity index (χ0v) is 17.4. The Labute approximate surface area is 181 Å². The van der Waals surface area contributed by atoms with E-state index in [-0.39, 0.29) is 22.3 Å². The molecular weight excluding hydrogens is 427 g/mol. The molecule has 2 aliphatic rings. The average Bonchev–Trinajstić information content (AvgIpc) is 3.63. The van der Waals surface area contributed by atoms with Crippen LogP contribution in [0.5, 0.6) is 17.2 Å². The van der Waals surface area contributed by atoms with Crippen molar-refractivity contribution in [1.29, 1.82) is 0 Å². The van der Waals surface area contributed by atoms with Gasteiger partial charge in [-0.2, -0.15) is 13.2 Å². The Morgan fingerprint density at radius 1 is 1.06 bits per heavy atom. The first kappa shape index (κ1) is 20.7. The molecule has 1 aliphatic heterocycles. The molecule has 9 heteroatoms. The summed E-state index contributed by atoms with van der Waals surface area (Å²) in [6.07, 6.45) is -2.85. The average molecular weight is 447 g/mol. The molecule has 1 aromatic heterocycles. The van der Waals surface area contributed by atoms with Crippen LogP contribution in [0.1, 0.15) is 24.2 Å². The van der Waals surface area contributed by atoms with E-state index in [2.05, 4.69) is 0 Å². The topological polar surface area (TPSA) is 61.1 Å². The molecule has 0 spiro atoms. The number of hydrogen-bond donors (Lipinski definition) is 0. The highest BCUT2D eigenvalue weighted by Crippen LogP contribution is 2.42. The van der Waals surface area contributed by atoms with E-state index in [0.717, 1.165) is 12.8 Å². The molecule has 168 valence electrons. The van der Waals surface area contributed by atoms with Gasteiger partial charge in [-0.15, -0.1) is 0 Å². The lowest BCUT2D eigenvalue weighted by Crippen LogP contribution is -2.34. The fourth-order valence-corrected chi connectivity index (χ4v) is 4.11. The van der Waals surface area contributed by atoms with Crippen LogP contribution >= 0.6 is 0 Å². The highest BCUT2D eigenvalue weighted by molar-refractivity contribution is 5.87. The van der Waals surface area contributed by atoms with Gasteiger partial charge < -0.3 is 18.6 Å². The van der Waals surface area contributed by atoms with Crippen LogP contribution in [0.4, 0.5) is 13.2 Å². The molecule has 1 saturated carbocycles. The van der Waals surface area contributed by atoms with Gasteiger partial charge in [0.25, 0.3) is 0 Å². The van der Waals surface area contributed by atoms with Crippen LogP contribution in [0.25, 0.3) is 22.1 Å². The maximum atomic E-state index is 14.1. The maximum Gasteiger partial charge on any atom is 0.450 e. The van der Waals surface area contributed by atoms with Crippen molar-refractivity contribution in [2.24, 2.45) is 0 Å². The summed E-state index contributed by atoms with van der Waals surface area (Å²) in [6, 6.07) is 7.58. The monoisotopic (exact) mass is 447 g/mol. The van der Waals surface area contributed by atoms with Crippen molar-refractivity contribution in [3.05, 3.63) is 51.9 Å². The largest absolute Gasteiger partial charge is 0.493 e. The van der Waals surface area contributed by atoms with Gasteiger partial charge in [0.05, 0.1) is 30.7 Å². The Bertz CT molecular complexity index is 1260. The number of fused-ring (bicyclic) bond motifs is 3. The quantitative estimate of drug-likeness (QED) is 0.572. The second-order valence-electron chi connectivity index (χ2n) is 7.87. The maximum absolute atomic E-state index is 14.1. The predicted octanol–water partition coefficient (Wildman–Crippen LogP) is 4.81. The van der Waals surface area contributed by atoms with Crippen molar-refractivity contribution < 1.29 is 31.8 Å². The molecule has 2 aromatic carbocycles. The molecule has 0 bridgehead atoms. The van der Waals surface area contributed by atoms with Gasteiger partial charge in [-0.05, 0) is 42.7 Å². The second kappa shape index (κ2) is 7.44. The Hall–Kier alpha value is -3.20. The van der Waals surface area contributed by atoms with Crippen LogP contribution in [-0.2, 0) is 12.7 Å². The highest BCUT2D eigenvalue weighted by Gasteiger charge is 2.41. The Balaban J connectivity index is 1.76. The minimum Gasteiger partial charge on any atom is -0.493 e. The summed E-state index contributed by atoms with van der Waals surface area (Å²) in [5, 5.41) is 0.0720. The van der Waals surface area contributed by atoms with Crippen molar-refractivity contribution in [3.8, 4) is 28.4 Å². The second-order valence-corrected chi connectivity index (χ2v) is 7.87. The summed E-state index contributed by atoms with van der Waals surface area (Å²) in [4.78, 5) is 15.4. The minimum absolute atomic E-state index is 0.0270. The van der Waals surface area contributed by atoms with Crippen LogP contribution in [-0.4, -0.2) is 31.9 Å². The lowest BCUT2D eigenvalue weighted by Gasteiger charge is -2.29. The zero-order valence-electron chi connectivity index (χ0n) is 17.4. The van der Waals surface area contributed by atoms with Gasteiger partial charge in [-0.25, -0.2) is 0 Å². The fraction of sp³-hybridized carbons (Fsp3) is 0.348. The smallest absolute Gasteiger partial charge is 0.450 e. The summed E-state index contributed by atoms with van der Waals surface area (Å²) in [6.45, 7) is 0.733. The van der Waals surface area contributed by atoms with Crippen molar-refractivity contribution in [1.82, 2.24) is 4.90 Å². The third kappa shape index (κ3) is 3.37. The van der Waals surface area contributed by atoms with Gasteiger partial charge in [-0.3, -0.25) is 9.69 Å². The molecule has 3 aromatic rings. The van der Waals surface area contributed by atoms with Crippen molar-refractivity contribution in [3.63, 3.8) is 0 Å². The normalized spacial score (nSPS) is 16.5. The molecule has 1 aliphatic carbocycles. The SMILES string of the molecule is COc1ccc(-c2c(C(F)(F)F)oc3c4c(ccc3c2=O)OCN(C2CC2)C4)cc1OC. The number of ether oxygens (including phenoxy) is 3. The van der Waals surface area contributed by atoms with E-state index in [4.69, 9.17) is 18.6 Å². The minimum atomic E-state index is -4.88. The lowest BCUT2D eigenvalue weighted by molar-refractivity contribution is -0.152. The molecule has 0 saturated heterocycles. The number of methoxy groups -OCH3 is 2. The number of rotatable bonds is 4. The van der Waals surface area contributed by atoms with E-state index in [1.54, 1.807) is 6.07 Å². The summed E-state index contributed by atoms with van der Waals surface area (Å²) < 4.78 is 63.8. The molecule has 0 atom stereocenters. The van der Waals surface area contributed by atoms with Crippen molar-refractivity contribution in [2.75, 3.05) is 21.0 Å². The van der Waals surface area contributed by atoms with E-state index in [1.807, 2.05) is 4.90 Å². The van der Waals surface area contributed by atoms with Crippen LogP contribution in [0.2, 0.25) is 0 Å². The first-order chi connectivity index (χ1) is 15.3. The molecule has 0 amide bonds. The third-order valence-electron chi connectivity index (χ3n) is 5.86. The van der Waals surface area contributed by atoms with Crippen LogP contribution in [0.15, 0.2) is 39.5 Å². The molecule has 5 rings (SSSR count). The van der Waals surface area contributed by atoms with Crippen molar-refractivity contribution >= 4 is 11.0 Å². The van der Waals surface area contributed by atoms with E-state index < -0.39 is 22.9 Å². The van der Waals surface area contributed by atoms with Gasteiger partial charge in [-0.1, -0.05) is 6.07 Å². The molecule has 0 N–H and O–H groups in total. The van der Waals surface area contributed by atoms with Crippen LogP contribution in [0, 0.1) is 0 Å². The molecular formula is C23H20F3NO5. The lowest BCUT2D eigenvalue weighted by atomic mass is 9.99. The Morgan fingerprint density at radius 3 is 2.47 bits per heavy atom. The van der Waals surface area contributed by atoms with Gasteiger partial charge in [0.2, 0.25) is 11.2 Å². The van der Waals surface area contributed by atoms with Gasteiger partial charge in [0.15, 0.2) is 11.5 Å². The fourth-order valence-electron chi connectivity index (χ4n) is 4.11. The standard InChI is InChI=1S/C23H20F3NO5/c1-29-17-7-3-12(9-18(17)30-2)19-20(28)14-6-8-16-15(10-27(11-31-16)13-4-5-13)21(14)32-22(19)23(24,25)26/h3,6-9,13H,4-5,10-11H2,1-2H3. The summed E-state index contributed by atoms with van der Waals surface area (Å²) >= 11 is 0. The van der Waals surface area contributed by atoms with E-state index in [0.29, 0.717) is 36.4 Å². The van der Waals surface area contributed by atoms with Gasteiger partial charge in [0.1, 0.15) is 18.1 Å². The first-order valence-electron chi connectivity index (χ1n) is 10.1. The summed E-state index contributed by atoms with van der Waals surface area (Å²) in [5.41, 5.74) is -0.936. The summed E-state index contributed by atoms with van der Waals surface area (Å²) in [5.74, 6) is -0.374. The molecule has 32 heavy (non-hydrogen) atoms. The molecule has 2 heterocycles. The molecule has 6 nitrogen and oxygen atoms in total. The molecule has 1 fully saturated rings. The highest BCUT2D eigenvalue weighted by atomic mass is 19.4. The van der Waals surface area contributed by atoms with Crippen molar-refractivity contribution in [2.45, 2.75) is 31.6 Å². The van der Waals surface area contributed by atoms with Crippen LogP contribution < -0.4 is 19.6 Å². The Morgan fingerprint density at radius 2 is 1.81 bits per heavy atom. The van der Waals surface area contributed by atoms with Crippen LogP contribution in [0.3, 0.4) is 0 Å². The number of hydrogen-bond acceptors (Lipinski definition) is 6. The molecule has 0 radical (unpaired) electrons. The van der Waals surface area contributed by atoms with Gasteiger partial charge >= 0.3 is 6.18 Å². The predicted molar refractivity (Wildman–Crippen MR) is 110 cm³/mol.